The number of hydrogen-bond donors (Lipinski definition) is 0. The molecule has 3 rings (SSSR count). The Bertz CT molecular complexity index is 759. The zero-order chi connectivity index (χ0) is 12.7. The number of fused-ring (bicyclic) bond motifs is 2. The van der Waals surface area contributed by atoms with Crippen molar-refractivity contribution in [3.63, 3.8) is 0 Å². The SMILES string of the molecule is COc1cc(Br)c(Br)c2nc3ccccc3nc12. The van der Waals surface area contributed by atoms with Crippen molar-refractivity contribution in [2.45, 2.75) is 0 Å². The highest BCUT2D eigenvalue weighted by Crippen LogP contribution is 2.36. The molecule has 0 unspecified atom stereocenters. The number of nitrogens with zero attached hydrogens (tertiary/aromatic N) is 2. The molecule has 0 fully saturated rings. The molecule has 5 heteroatoms. The van der Waals surface area contributed by atoms with Crippen molar-refractivity contribution in [2.24, 2.45) is 0 Å². The molecule has 1 heterocycles. The van der Waals surface area contributed by atoms with Crippen LogP contribution in [0.4, 0.5) is 0 Å². The molecule has 90 valence electrons. The molecule has 0 aliphatic carbocycles. The molecule has 0 saturated heterocycles. The number of benzene rings is 2. The van der Waals surface area contributed by atoms with E-state index >= 15 is 0 Å². The molecule has 0 N–H and O–H groups in total. The van der Waals surface area contributed by atoms with Crippen molar-refractivity contribution < 1.29 is 4.74 Å². The summed E-state index contributed by atoms with van der Waals surface area (Å²) < 4.78 is 7.14. The molecule has 3 nitrogen and oxygen atoms in total. The van der Waals surface area contributed by atoms with E-state index in [0.29, 0.717) is 5.75 Å². The van der Waals surface area contributed by atoms with E-state index in [9.17, 15) is 0 Å². The lowest BCUT2D eigenvalue weighted by molar-refractivity contribution is 0.418. The van der Waals surface area contributed by atoms with Crippen LogP contribution < -0.4 is 4.74 Å². The summed E-state index contributed by atoms with van der Waals surface area (Å²) in [6, 6.07) is 9.67. The second-order valence-electron chi connectivity index (χ2n) is 3.78. The maximum Gasteiger partial charge on any atom is 0.147 e. The Morgan fingerprint density at radius 2 is 1.61 bits per heavy atom. The largest absolute Gasteiger partial charge is 0.494 e. The smallest absolute Gasteiger partial charge is 0.147 e. The Labute approximate surface area is 120 Å². The summed E-state index contributed by atoms with van der Waals surface area (Å²) in [5.74, 6) is 0.707. The molecular formula is C13H8Br2N2O. The number of aromatic nitrogens is 2. The molecule has 3 aromatic rings. The van der Waals surface area contributed by atoms with Gasteiger partial charge >= 0.3 is 0 Å². The summed E-state index contributed by atoms with van der Waals surface area (Å²) in [7, 11) is 1.63. The molecule has 0 atom stereocenters. The van der Waals surface area contributed by atoms with E-state index in [1.807, 2.05) is 30.3 Å². The van der Waals surface area contributed by atoms with Gasteiger partial charge in [0.1, 0.15) is 16.8 Å². The van der Waals surface area contributed by atoms with Crippen molar-refractivity contribution in [1.82, 2.24) is 9.97 Å². The Balaban J connectivity index is 2.52. The minimum atomic E-state index is 0.707. The van der Waals surface area contributed by atoms with Gasteiger partial charge in [0, 0.05) is 4.47 Å². The lowest BCUT2D eigenvalue weighted by Crippen LogP contribution is -1.93. The molecule has 0 bridgehead atoms. The van der Waals surface area contributed by atoms with Crippen LogP contribution in [0.3, 0.4) is 0 Å². The highest BCUT2D eigenvalue weighted by atomic mass is 79.9. The van der Waals surface area contributed by atoms with E-state index in [0.717, 1.165) is 31.0 Å². The first kappa shape index (κ1) is 11.9. The first-order valence-electron chi connectivity index (χ1n) is 5.29. The monoisotopic (exact) mass is 366 g/mol. The third-order valence-electron chi connectivity index (χ3n) is 2.70. The fraction of sp³-hybridized carbons (Fsp3) is 0.0769. The highest BCUT2D eigenvalue weighted by molar-refractivity contribution is 9.13. The van der Waals surface area contributed by atoms with Gasteiger partial charge in [-0.1, -0.05) is 12.1 Å². The average Bonchev–Trinajstić information content (AvgIpc) is 2.41. The molecule has 0 amide bonds. The average molecular weight is 368 g/mol. The molecule has 0 aliphatic rings. The lowest BCUT2D eigenvalue weighted by Gasteiger charge is -2.08. The van der Waals surface area contributed by atoms with Gasteiger partial charge in [0.25, 0.3) is 0 Å². The van der Waals surface area contributed by atoms with Crippen LogP contribution in [0, 0.1) is 0 Å². The third kappa shape index (κ3) is 1.78. The minimum Gasteiger partial charge on any atom is -0.494 e. The van der Waals surface area contributed by atoms with E-state index in [4.69, 9.17) is 4.74 Å². The maximum atomic E-state index is 5.36. The van der Waals surface area contributed by atoms with Crippen LogP contribution >= 0.6 is 31.9 Å². The second-order valence-corrected chi connectivity index (χ2v) is 5.43. The summed E-state index contributed by atoms with van der Waals surface area (Å²) >= 11 is 7.00. The number of hydrogen-bond acceptors (Lipinski definition) is 3. The Hall–Kier alpha value is -1.20. The van der Waals surface area contributed by atoms with Crippen molar-refractivity contribution in [2.75, 3.05) is 7.11 Å². The van der Waals surface area contributed by atoms with Crippen LogP contribution in [0.15, 0.2) is 39.3 Å². The van der Waals surface area contributed by atoms with Crippen LogP contribution in [0.1, 0.15) is 0 Å². The number of methoxy groups -OCH3 is 1. The van der Waals surface area contributed by atoms with E-state index < -0.39 is 0 Å². The zero-order valence-corrected chi connectivity index (χ0v) is 12.6. The molecule has 2 aromatic carbocycles. The third-order valence-corrected chi connectivity index (χ3v) is 4.66. The topological polar surface area (TPSA) is 35.0 Å². The Kier molecular flexibility index (Phi) is 2.95. The number of rotatable bonds is 1. The van der Waals surface area contributed by atoms with Gasteiger partial charge in [0.05, 0.1) is 22.6 Å². The summed E-state index contributed by atoms with van der Waals surface area (Å²) in [4.78, 5) is 9.24. The predicted octanol–water partition coefficient (Wildman–Crippen LogP) is 4.32. The van der Waals surface area contributed by atoms with Gasteiger partial charge in [-0.2, -0.15) is 0 Å². The zero-order valence-electron chi connectivity index (χ0n) is 9.45. The van der Waals surface area contributed by atoms with Gasteiger partial charge in [-0.05, 0) is 50.1 Å². The molecule has 1 aromatic heterocycles. The normalized spacial score (nSPS) is 11.1. The quantitative estimate of drug-likeness (QED) is 0.601. The van der Waals surface area contributed by atoms with Gasteiger partial charge in [0.15, 0.2) is 0 Å². The van der Waals surface area contributed by atoms with Crippen LogP contribution in [0.25, 0.3) is 22.1 Å². The van der Waals surface area contributed by atoms with Crippen molar-refractivity contribution in [3.8, 4) is 5.75 Å². The summed E-state index contributed by atoms with van der Waals surface area (Å²) in [6.07, 6.45) is 0. The Morgan fingerprint density at radius 3 is 2.22 bits per heavy atom. The molecule has 0 saturated carbocycles. The van der Waals surface area contributed by atoms with Gasteiger partial charge in [0.2, 0.25) is 0 Å². The van der Waals surface area contributed by atoms with E-state index in [1.54, 1.807) is 7.11 Å². The lowest BCUT2D eigenvalue weighted by atomic mass is 10.2. The standard InChI is InChI=1S/C13H8Br2N2O/c1-18-10-6-7(14)11(15)13-12(10)16-8-4-2-3-5-9(8)17-13/h2-6H,1H3. The van der Waals surface area contributed by atoms with Gasteiger partial charge in [-0.15, -0.1) is 0 Å². The van der Waals surface area contributed by atoms with E-state index in [1.165, 1.54) is 0 Å². The first-order chi connectivity index (χ1) is 8.70. The van der Waals surface area contributed by atoms with E-state index in [2.05, 4.69) is 41.8 Å². The Morgan fingerprint density at radius 1 is 1.00 bits per heavy atom. The summed E-state index contributed by atoms with van der Waals surface area (Å²) in [5, 5.41) is 0. The van der Waals surface area contributed by atoms with Crippen LogP contribution in [-0.4, -0.2) is 17.1 Å². The molecule has 0 spiro atoms. The number of para-hydroxylation sites is 2. The fourth-order valence-corrected chi connectivity index (χ4v) is 2.63. The van der Waals surface area contributed by atoms with Gasteiger partial charge in [-0.3, -0.25) is 0 Å². The second kappa shape index (κ2) is 4.48. The van der Waals surface area contributed by atoms with Gasteiger partial charge in [-0.25, -0.2) is 9.97 Å². The molecular weight excluding hydrogens is 360 g/mol. The van der Waals surface area contributed by atoms with E-state index in [-0.39, 0.29) is 0 Å². The minimum absolute atomic E-state index is 0.707. The van der Waals surface area contributed by atoms with Crippen molar-refractivity contribution in [1.29, 1.82) is 0 Å². The number of halogens is 2. The van der Waals surface area contributed by atoms with Crippen LogP contribution in [0.2, 0.25) is 0 Å². The van der Waals surface area contributed by atoms with Crippen molar-refractivity contribution >= 4 is 53.9 Å². The molecule has 18 heavy (non-hydrogen) atoms. The highest BCUT2D eigenvalue weighted by Gasteiger charge is 2.13. The van der Waals surface area contributed by atoms with Crippen LogP contribution in [-0.2, 0) is 0 Å². The summed E-state index contributed by atoms with van der Waals surface area (Å²) in [6.45, 7) is 0. The van der Waals surface area contributed by atoms with Crippen LogP contribution in [0.5, 0.6) is 5.75 Å². The fourth-order valence-electron chi connectivity index (χ4n) is 1.84. The summed E-state index contributed by atoms with van der Waals surface area (Å²) in [5.41, 5.74) is 3.27. The number of ether oxygens (including phenoxy) is 1. The first-order valence-corrected chi connectivity index (χ1v) is 6.88. The van der Waals surface area contributed by atoms with Gasteiger partial charge < -0.3 is 4.74 Å². The maximum absolute atomic E-state index is 5.36. The molecule has 0 radical (unpaired) electrons. The molecule has 0 aliphatic heterocycles. The predicted molar refractivity (Wildman–Crippen MR) is 79.0 cm³/mol. The van der Waals surface area contributed by atoms with Crippen molar-refractivity contribution in [3.05, 3.63) is 39.3 Å².